The van der Waals surface area contributed by atoms with Gasteiger partial charge < -0.3 is 32.0 Å². The summed E-state index contributed by atoms with van der Waals surface area (Å²) >= 11 is 5.48. The van der Waals surface area contributed by atoms with E-state index < -0.39 is 23.7 Å². The molecule has 0 fully saturated rings. The van der Waals surface area contributed by atoms with Gasteiger partial charge in [-0.15, -0.1) is 0 Å². The molecule has 4 aromatic carbocycles. The van der Waals surface area contributed by atoms with Gasteiger partial charge in [0.1, 0.15) is 22.6 Å². The predicted octanol–water partition coefficient (Wildman–Crippen LogP) is 10.2. The molecule has 0 saturated heterocycles. The first kappa shape index (κ1) is 55.5. The zero-order valence-corrected chi connectivity index (χ0v) is 42.0. The number of fused-ring (bicyclic) bond motifs is 2. The Morgan fingerprint density at radius 2 is 1.05 bits per heavy atom. The van der Waals surface area contributed by atoms with Crippen LogP contribution in [0.5, 0.6) is 12.0 Å². The van der Waals surface area contributed by atoms with Crippen LogP contribution in [0.2, 0.25) is 5.15 Å². The standard InChI is InChI=1S/C27H21FN8O2.C22H19FN4O2.C5H3ClN4.CH4/c1-15(34-24-21(30-2)14-31-26(29)35-24)22-10-16-6-4-9-20(17-12-32-27(38-3)33-13-17)23(16)25(37)36(22)19-8-5-7-18(28)11-19;1-13(24)19-9-14-5-3-8-18(15-11-25-22(29-2)26-12-15)20(14)21(28)27(19)17-7-4-6-16(23)10-17;1-8-3-2-9-5(7)10-4(3)6;/h4-15H,1,3H3,(H3,29,31,34,35);3-13H,24H2,1-2H3;2H,(H2,7,9,10);1H4/t15-;13-;;/m00../s1. The number of ether oxygens (including phenoxy) is 2. The SMILES string of the molecule is C.COc1ncc(-c2cccc3cc([C@H](C)N)n(-c4cccc(F)c4)c(=O)c23)cn1.[C-]#[N+]c1cnc(N)nc1Cl.[C-]#[N+]c1cnc(N)nc1N[C@@H](C)c1cc2cccc(-c3cnc(OC)nc3)c2c(=O)n1-c1cccc(F)c1. The zero-order chi connectivity index (χ0) is 54.9. The molecule has 10 rings (SSSR count). The molecule has 7 N–H and O–H groups in total. The van der Waals surface area contributed by atoms with E-state index in [2.05, 4.69) is 54.9 Å². The van der Waals surface area contributed by atoms with Crippen molar-refractivity contribution in [2.75, 3.05) is 31.0 Å². The number of nitrogens with two attached hydrogens (primary N) is 3. The van der Waals surface area contributed by atoms with E-state index in [1.807, 2.05) is 49.4 Å². The molecule has 10 aromatic rings. The fraction of sp³-hybridized carbons (Fsp3) is 0.127. The highest BCUT2D eigenvalue weighted by Gasteiger charge is 2.22. The zero-order valence-electron chi connectivity index (χ0n) is 41.2. The van der Waals surface area contributed by atoms with Crippen LogP contribution in [0.1, 0.15) is 44.7 Å². The molecule has 78 heavy (non-hydrogen) atoms. The van der Waals surface area contributed by atoms with Gasteiger partial charge >= 0.3 is 12.0 Å². The third-order valence-electron chi connectivity index (χ3n) is 11.6. The molecule has 0 aliphatic heterocycles. The lowest BCUT2D eigenvalue weighted by atomic mass is 9.99. The molecule has 20 nitrogen and oxygen atoms in total. The Kier molecular flexibility index (Phi) is 17.3. The van der Waals surface area contributed by atoms with Crippen molar-refractivity contribution in [3.63, 3.8) is 0 Å². The molecule has 0 amide bonds. The molecule has 6 aromatic heterocycles. The second kappa shape index (κ2) is 24.4. The van der Waals surface area contributed by atoms with Crippen LogP contribution in [0, 0.1) is 24.8 Å². The van der Waals surface area contributed by atoms with Gasteiger partial charge in [-0.05, 0) is 84.3 Å². The minimum atomic E-state index is -0.543. The van der Waals surface area contributed by atoms with Gasteiger partial charge in [-0.2, -0.15) is 0 Å². The minimum Gasteiger partial charge on any atom is -0.467 e. The number of anilines is 3. The number of nitrogens with zero attached hydrogens (tertiary/aromatic N) is 12. The van der Waals surface area contributed by atoms with Gasteiger partial charge in [0.25, 0.3) is 11.1 Å². The number of rotatable bonds is 10. The fourth-order valence-electron chi connectivity index (χ4n) is 8.08. The molecule has 392 valence electrons. The Morgan fingerprint density at radius 1 is 0.615 bits per heavy atom. The highest BCUT2D eigenvalue weighted by Crippen LogP contribution is 2.33. The normalized spacial score (nSPS) is 11.3. The lowest BCUT2D eigenvalue weighted by Gasteiger charge is -2.22. The van der Waals surface area contributed by atoms with Crippen LogP contribution in [0.4, 0.5) is 37.9 Å². The molecule has 0 spiro atoms. The molecule has 0 unspecified atom stereocenters. The number of halogens is 3. The fourth-order valence-corrected chi connectivity index (χ4v) is 8.26. The van der Waals surface area contributed by atoms with Crippen LogP contribution >= 0.6 is 11.6 Å². The van der Waals surface area contributed by atoms with Crippen LogP contribution in [0.15, 0.2) is 144 Å². The molecule has 0 bridgehead atoms. The van der Waals surface area contributed by atoms with Gasteiger partial charge in [0.2, 0.25) is 23.3 Å². The Balaban J connectivity index is 0.000000194. The first-order valence-corrected chi connectivity index (χ1v) is 23.3. The van der Waals surface area contributed by atoms with Gasteiger partial charge in [-0.3, -0.25) is 18.7 Å². The predicted molar refractivity (Wildman–Crippen MR) is 296 cm³/mol. The summed E-state index contributed by atoms with van der Waals surface area (Å²) in [5, 5.41) is 5.55. The van der Waals surface area contributed by atoms with Crippen LogP contribution in [-0.4, -0.2) is 63.2 Å². The van der Waals surface area contributed by atoms with E-state index in [4.69, 9.17) is 51.4 Å². The van der Waals surface area contributed by atoms with E-state index in [-0.39, 0.29) is 64.8 Å². The van der Waals surface area contributed by atoms with Gasteiger partial charge in [0.05, 0.1) is 55.6 Å². The molecule has 2 atom stereocenters. The van der Waals surface area contributed by atoms with E-state index in [9.17, 15) is 18.4 Å². The number of methoxy groups -OCH3 is 2. The summed E-state index contributed by atoms with van der Waals surface area (Å²) in [5.41, 5.74) is 21.3. The lowest BCUT2D eigenvalue weighted by Crippen LogP contribution is -2.26. The maximum Gasteiger partial charge on any atom is 0.316 e. The topological polar surface area (TPSA) is 264 Å². The molecule has 23 heteroatoms. The Morgan fingerprint density at radius 3 is 1.49 bits per heavy atom. The molecular formula is C55H47ClF2N16O4. The highest BCUT2D eigenvalue weighted by molar-refractivity contribution is 6.32. The third kappa shape index (κ3) is 12.0. The van der Waals surface area contributed by atoms with E-state index >= 15 is 0 Å². The molecule has 6 heterocycles. The van der Waals surface area contributed by atoms with Crippen molar-refractivity contribution in [1.29, 1.82) is 0 Å². The Hall–Kier alpha value is -10.3. The smallest absolute Gasteiger partial charge is 0.316 e. The molecule has 0 saturated carbocycles. The van der Waals surface area contributed by atoms with Gasteiger partial charge in [0, 0.05) is 65.7 Å². The monoisotopic (exact) mass is 1070 g/mol. The van der Waals surface area contributed by atoms with Gasteiger partial charge in [-0.1, -0.05) is 67.6 Å². The average Bonchev–Trinajstić information content (AvgIpc) is 3.62. The summed E-state index contributed by atoms with van der Waals surface area (Å²) in [5.74, 6) is -0.613. The van der Waals surface area contributed by atoms with Crippen molar-refractivity contribution >= 4 is 62.2 Å². The number of aromatic nitrogens is 10. The first-order valence-electron chi connectivity index (χ1n) is 22.9. The van der Waals surface area contributed by atoms with Crippen molar-refractivity contribution in [3.05, 3.63) is 206 Å². The Labute approximate surface area is 449 Å². The van der Waals surface area contributed by atoms with Gasteiger partial charge in [-0.25, -0.2) is 58.3 Å². The summed E-state index contributed by atoms with van der Waals surface area (Å²) in [6.45, 7) is 17.6. The van der Waals surface area contributed by atoms with Crippen molar-refractivity contribution < 1.29 is 18.3 Å². The van der Waals surface area contributed by atoms with Gasteiger partial charge in [0.15, 0.2) is 0 Å². The quantitative estimate of drug-likeness (QED) is 0.0733. The van der Waals surface area contributed by atoms with E-state index in [1.165, 1.54) is 66.1 Å². The first-order chi connectivity index (χ1) is 37.1. The van der Waals surface area contributed by atoms with E-state index in [0.717, 1.165) is 5.39 Å². The van der Waals surface area contributed by atoms with E-state index in [0.29, 0.717) is 61.2 Å². The average molecular weight is 1070 g/mol. The van der Waals surface area contributed by atoms with Crippen molar-refractivity contribution in [2.24, 2.45) is 5.73 Å². The summed E-state index contributed by atoms with van der Waals surface area (Å²) < 4.78 is 41.2. The number of nitrogens with one attached hydrogen (secondary N) is 1. The number of benzene rings is 4. The second-order valence-electron chi connectivity index (χ2n) is 16.6. The largest absolute Gasteiger partial charge is 0.467 e. The molecular weight excluding hydrogens is 1020 g/mol. The number of pyridine rings is 2. The van der Waals surface area contributed by atoms with Crippen molar-refractivity contribution in [1.82, 2.24) is 49.0 Å². The van der Waals surface area contributed by atoms with Crippen LogP contribution in [0.25, 0.3) is 64.9 Å². The summed E-state index contributed by atoms with van der Waals surface area (Å²) in [6, 6.07) is 25.9. The number of nitrogen functional groups attached to an aromatic ring is 2. The van der Waals surface area contributed by atoms with Crippen molar-refractivity contribution in [2.45, 2.75) is 33.4 Å². The minimum absolute atomic E-state index is 0. The van der Waals surface area contributed by atoms with Crippen LogP contribution < -0.4 is 43.1 Å². The van der Waals surface area contributed by atoms with Crippen LogP contribution in [0.3, 0.4) is 0 Å². The maximum atomic E-state index is 14.3. The lowest BCUT2D eigenvalue weighted by molar-refractivity contribution is 0.380. The van der Waals surface area contributed by atoms with E-state index in [1.54, 1.807) is 56.0 Å². The summed E-state index contributed by atoms with van der Waals surface area (Å²) in [6.07, 6.45) is 8.98. The number of hydrogen-bond donors (Lipinski definition) is 4. The van der Waals surface area contributed by atoms with Crippen molar-refractivity contribution in [3.8, 4) is 45.6 Å². The third-order valence-corrected chi connectivity index (χ3v) is 11.8. The maximum absolute atomic E-state index is 14.3. The molecule has 0 aliphatic carbocycles. The number of hydrogen-bond acceptors (Lipinski definition) is 16. The summed E-state index contributed by atoms with van der Waals surface area (Å²) in [7, 11) is 2.96. The highest BCUT2D eigenvalue weighted by atomic mass is 35.5. The second-order valence-corrected chi connectivity index (χ2v) is 16.9. The Bertz CT molecular complexity index is 4040. The van der Waals surface area contributed by atoms with Crippen LogP contribution in [-0.2, 0) is 0 Å². The molecule has 0 radical (unpaired) electrons. The summed E-state index contributed by atoms with van der Waals surface area (Å²) in [4.78, 5) is 66.0. The molecule has 0 aliphatic rings.